The SMILES string of the molecule is Cc1ccc(S(=O)(=O)C2(c3nc(-c4ccc5c(c4)OCO5)no3)CCCC2)cc1C. The van der Waals surface area contributed by atoms with E-state index in [1.54, 1.807) is 30.3 Å². The van der Waals surface area contributed by atoms with Crippen LogP contribution in [0.1, 0.15) is 42.7 Å². The molecule has 3 aromatic rings. The molecule has 5 rings (SSSR count). The van der Waals surface area contributed by atoms with Crippen LogP contribution in [0.25, 0.3) is 11.4 Å². The zero-order valence-electron chi connectivity index (χ0n) is 16.8. The molecule has 0 N–H and O–H groups in total. The molecule has 156 valence electrons. The number of sulfone groups is 1. The highest BCUT2D eigenvalue weighted by Gasteiger charge is 2.52. The van der Waals surface area contributed by atoms with Crippen molar-refractivity contribution < 1.29 is 22.4 Å². The zero-order valence-corrected chi connectivity index (χ0v) is 17.7. The van der Waals surface area contributed by atoms with Crippen molar-refractivity contribution in [2.45, 2.75) is 49.2 Å². The molecule has 0 unspecified atom stereocenters. The number of fused-ring (bicyclic) bond motifs is 1. The van der Waals surface area contributed by atoms with E-state index in [-0.39, 0.29) is 12.7 Å². The Morgan fingerprint density at radius 2 is 1.70 bits per heavy atom. The van der Waals surface area contributed by atoms with E-state index in [1.165, 1.54) is 0 Å². The lowest BCUT2D eigenvalue weighted by molar-refractivity contribution is 0.174. The van der Waals surface area contributed by atoms with Crippen LogP contribution in [0, 0.1) is 13.8 Å². The van der Waals surface area contributed by atoms with Crippen LogP contribution in [0.3, 0.4) is 0 Å². The fourth-order valence-corrected chi connectivity index (χ4v) is 6.38. The third-order valence-corrected chi connectivity index (χ3v) is 8.65. The van der Waals surface area contributed by atoms with Gasteiger partial charge in [-0.2, -0.15) is 4.98 Å². The predicted molar refractivity (Wildman–Crippen MR) is 109 cm³/mol. The first-order chi connectivity index (χ1) is 14.4. The maximum absolute atomic E-state index is 13.8. The molecule has 0 atom stereocenters. The van der Waals surface area contributed by atoms with Crippen LogP contribution in [0.15, 0.2) is 45.8 Å². The predicted octanol–water partition coefficient (Wildman–Crippen LogP) is 4.33. The largest absolute Gasteiger partial charge is 0.454 e. The lowest BCUT2D eigenvalue weighted by Crippen LogP contribution is -2.33. The molecule has 30 heavy (non-hydrogen) atoms. The van der Waals surface area contributed by atoms with Crippen LogP contribution in [-0.2, 0) is 14.6 Å². The van der Waals surface area contributed by atoms with Crippen LogP contribution in [0.2, 0.25) is 0 Å². The molecule has 1 aliphatic carbocycles. The molecule has 8 heteroatoms. The van der Waals surface area contributed by atoms with E-state index in [4.69, 9.17) is 14.0 Å². The van der Waals surface area contributed by atoms with Crippen molar-refractivity contribution in [3.63, 3.8) is 0 Å². The molecular formula is C22H22N2O5S. The molecule has 0 bridgehead atoms. The van der Waals surface area contributed by atoms with Gasteiger partial charge in [-0.15, -0.1) is 0 Å². The fraction of sp³-hybridized carbons (Fsp3) is 0.364. The summed E-state index contributed by atoms with van der Waals surface area (Å²) >= 11 is 0. The third kappa shape index (κ3) is 2.81. The summed E-state index contributed by atoms with van der Waals surface area (Å²) < 4.78 is 42.6. The van der Waals surface area contributed by atoms with Gasteiger partial charge in [-0.25, -0.2) is 8.42 Å². The maximum atomic E-state index is 13.8. The topological polar surface area (TPSA) is 91.5 Å². The highest BCUT2D eigenvalue weighted by molar-refractivity contribution is 7.92. The molecule has 7 nitrogen and oxygen atoms in total. The first kappa shape index (κ1) is 19.1. The summed E-state index contributed by atoms with van der Waals surface area (Å²) in [4.78, 5) is 4.84. The van der Waals surface area contributed by atoms with Gasteiger partial charge in [0.25, 0.3) is 0 Å². The molecule has 1 fully saturated rings. The second-order valence-corrected chi connectivity index (χ2v) is 10.2. The minimum Gasteiger partial charge on any atom is -0.454 e. The molecule has 0 saturated heterocycles. The maximum Gasteiger partial charge on any atom is 0.248 e. The normalized spacial score (nSPS) is 17.4. The average molecular weight is 426 g/mol. The van der Waals surface area contributed by atoms with Crippen molar-refractivity contribution in [3.05, 3.63) is 53.4 Å². The summed E-state index contributed by atoms with van der Waals surface area (Å²) in [7, 11) is -3.71. The Labute approximate surface area is 174 Å². The van der Waals surface area contributed by atoms with Gasteiger partial charge in [0.15, 0.2) is 26.1 Å². The van der Waals surface area contributed by atoms with E-state index in [0.717, 1.165) is 24.0 Å². The standard InChI is InChI=1S/C22H22N2O5S/c1-14-5-7-17(11-15(14)2)30(25,26)22(9-3-4-10-22)21-23-20(24-29-21)16-6-8-18-19(12-16)28-13-27-18/h5-8,11-12H,3-4,9-10,13H2,1-2H3. The van der Waals surface area contributed by atoms with Crippen LogP contribution >= 0.6 is 0 Å². The molecule has 2 heterocycles. The van der Waals surface area contributed by atoms with Gasteiger partial charge in [-0.1, -0.05) is 24.1 Å². The van der Waals surface area contributed by atoms with Crippen LogP contribution in [0.4, 0.5) is 0 Å². The Hall–Kier alpha value is -2.87. The zero-order chi connectivity index (χ0) is 20.9. The van der Waals surface area contributed by atoms with Crippen molar-refractivity contribution in [2.24, 2.45) is 0 Å². The molecule has 0 spiro atoms. The molecule has 2 aliphatic rings. The fourth-order valence-electron chi connectivity index (χ4n) is 4.21. The number of hydrogen-bond donors (Lipinski definition) is 0. The van der Waals surface area contributed by atoms with Crippen molar-refractivity contribution in [1.82, 2.24) is 10.1 Å². The van der Waals surface area contributed by atoms with Crippen molar-refractivity contribution >= 4 is 9.84 Å². The lowest BCUT2D eigenvalue weighted by Gasteiger charge is -2.25. The van der Waals surface area contributed by atoms with Gasteiger partial charge < -0.3 is 14.0 Å². The summed E-state index contributed by atoms with van der Waals surface area (Å²) in [5, 5.41) is 4.09. The van der Waals surface area contributed by atoms with Gasteiger partial charge in [-0.05, 0) is 68.1 Å². The highest BCUT2D eigenvalue weighted by atomic mass is 32.2. The number of nitrogens with zero attached hydrogens (tertiary/aromatic N) is 2. The van der Waals surface area contributed by atoms with Gasteiger partial charge >= 0.3 is 0 Å². The van der Waals surface area contributed by atoms with Crippen LogP contribution in [-0.4, -0.2) is 25.4 Å². The second kappa shape index (κ2) is 6.84. The first-order valence-electron chi connectivity index (χ1n) is 9.97. The Bertz CT molecular complexity index is 1230. The Kier molecular flexibility index (Phi) is 4.36. The summed E-state index contributed by atoms with van der Waals surface area (Å²) in [6.45, 7) is 4.06. The van der Waals surface area contributed by atoms with E-state index in [1.807, 2.05) is 19.9 Å². The number of aryl methyl sites for hydroxylation is 2. The van der Waals surface area contributed by atoms with Gasteiger partial charge in [0, 0.05) is 5.56 Å². The molecule has 1 aliphatic heterocycles. The Balaban J connectivity index is 1.57. The van der Waals surface area contributed by atoms with Gasteiger partial charge in [0.2, 0.25) is 18.5 Å². The van der Waals surface area contributed by atoms with Gasteiger partial charge in [0.05, 0.1) is 4.90 Å². The van der Waals surface area contributed by atoms with Crippen LogP contribution < -0.4 is 9.47 Å². The number of ether oxygens (including phenoxy) is 2. The number of hydrogen-bond acceptors (Lipinski definition) is 7. The van der Waals surface area contributed by atoms with Crippen LogP contribution in [0.5, 0.6) is 11.5 Å². The summed E-state index contributed by atoms with van der Waals surface area (Å²) in [6.07, 6.45) is 2.52. The molecule has 1 aromatic heterocycles. The lowest BCUT2D eigenvalue weighted by atomic mass is 10.1. The van der Waals surface area contributed by atoms with E-state index >= 15 is 0 Å². The molecular weight excluding hydrogens is 404 g/mol. The Morgan fingerprint density at radius 3 is 2.47 bits per heavy atom. The number of benzene rings is 2. The van der Waals surface area contributed by atoms with Crippen molar-refractivity contribution in [3.8, 4) is 22.9 Å². The quantitative estimate of drug-likeness (QED) is 0.613. The smallest absolute Gasteiger partial charge is 0.248 e. The van der Waals surface area contributed by atoms with E-state index in [0.29, 0.717) is 40.6 Å². The Morgan fingerprint density at radius 1 is 0.933 bits per heavy atom. The minimum absolute atomic E-state index is 0.158. The third-order valence-electron chi connectivity index (χ3n) is 6.16. The minimum atomic E-state index is -3.71. The molecule has 2 aromatic carbocycles. The molecule has 0 radical (unpaired) electrons. The van der Waals surface area contributed by atoms with Crippen molar-refractivity contribution in [2.75, 3.05) is 6.79 Å². The first-order valence-corrected chi connectivity index (χ1v) is 11.5. The van der Waals surface area contributed by atoms with E-state index in [9.17, 15) is 8.42 Å². The number of aromatic nitrogens is 2. The van der Waals surface area contributed by atoms with E-state index < -0.39 is 14.6 Å². The van der Waals surface area contributed by atoms with Crippen molar-refractivity contribution in [1.29, 1.82) is 0 Å². The van der Waals surface area contributed by atoms with Gasteiger partial charge in [0.1, 0.15) is 0 Å². The number of rotatable bonds is 4. The summed E-state index contributed by atoms with van der Waals surface area (Å²) in [6, 6.07) is 10.6. The van der Waals surface area contributed by atoms with Gasteiger partial charge in [-0.3, -0.25) is 0 Å². The summed E-state index contributed by atoms with van der Waals surface area (Å²) in [5.74, 6) is 1.76. The monoisotopic (exact) mass is 426 g/mol. The molecule has 1 saturated carbocycles. The second-order valence-electron chi connectivity index (χ2n) is 7.94. The highest BCUT2D eigenvalue weighted by Crippen LogP contribution is 2.48. The average Bonchev–Trinajstić information content (AvgIpc) is 3.49. The summed E-state index contributed by atoms with van der Waals surface area (Å²) in [5.41, 5.74) is 2.68. The van der Waals surface area contributed by atoms with E-state index in [2.05, 4.69) is 10.1 Å². The molecule has 0 amide bonds.